The summed E-state index contributed by atoms with van der Waals surface area (Å²) in [5.41, 5.74) is 0.640. The van der Waals surface area contributed by atoms with Crippen LogP contribution in [0.5, 0.6) is 0 Å². The van der Waals surface area contributed by atoms with Crippen molar-refractivity contribution >= 4 is 24.7 Å². The van der Waals surface area contributed by atoms with Gasteiger partial charge in [-0.15, -0.1) is 0 Å². The second-order valence-corrected chi connectivity index (χ2v) is 9.61. The van der Waals surface area contributed by atoms with E-state index in [1.54, 1.807) is 12.1 Å². The maximum atomic E-state index is 13.0. The predicted octanol–water partition coefficient (Wildman–Crippen LogP) is 3.14. The number of nitrogens with one attached hydrogen (secondary N) is 3. The molecule has 0 saturated carbocycles. The zero-order valence-electron chi connectivity index (χ0n) is 20.1. The van der Waals surface area contributed by atoms with E-state index in [4.69, 9.17) is 0 Å². The van der Waals surface area contributed by atoms with Crippen molar-refractivity contribution in [2.75, 3.05) is 0 Å². The van der Waals surface area contributed by atoms with E-state index in [0.717, 1.165) is 44.9 Å². The van der Waals surface area contributed by atoms with Crippen molar-refractivity contribution in [1.82, 2.24) is 15.6 Å². The quantitative estimate of drug-likeness (QED) is 0.430. The molecule has 0 saturated heterocycles. The molecule has 1 aromatic rings. The van der Waals surface area contributed by atoms with E-state index in [-0.39, 0.29) is 17.4 Å². The van der Waals surface area contributed by atoms with Gasteiger partial charge in [-0.25, -0.2) is 0 Å². The van der Waals surface area contributed by atoms with Crippen LogP contribution in [0.3, 0.4) is 0 Å². The van der Waals surface area contributed by atoms with Crippen LogP contribution in [0.2, 0.25) is 0 Å². The fourth-order valence-corrected chi connectivity index (χ4v) is 4.25. The van der Waals surface area contributed by atoms with Gasteiger partial charge in [-0.2, -0.15) is 0 Å². The number of hydrogen-bond acceptors (Lipinski definition) is 5. The molecule has 2 unspecified atom stereocenters. The largest absolute Gasteiger partial charge is 0.475 e. The SMILES string of the molecule is CC(C)CC(NC(=O)C1CCCCCCCCCCCC(=O)c2ccc([nH]2)C(=O)N1)B(O)O. The lowest BCUT2D eigenvalue weighted by molar-refractivity contribution is -0.123. The highest BCUT2D eigenvalue weighted by molar-refractivity contribution is 6.43. The Balaban J connectivity index is 2.12. The first-order valence-corrected chi connectivity index (χ1v) is 12.5. The summed E-state index contributed by atoms with van der Waals surface area (Å²) in [6.45, 7) is 3.87. The monoisotopic (exact) mass is 461 g/mol. The first-order valence-electron chi connectivity index (χ1n) is 12.5. The van der Waals surface area contributed by atoms with E-state index in [9.17, 15) is 24.4 Å². The van der Waals surface area contributed by atoms with Gasteiger partial charge in [-0.3, -0.25) is 14.4 Å². The van der Waals surface area contributed by atoms with Crippen molar-refractivity contribution < 1.29 is 24.4 Å². The fourth-order valence-electron chi connectivity index (χ4n) is 4.25. The number of aromatic nitrogens is 1. The minimum atomic E-state index is -1.68. The molecule has 8 nitrogen and oxygen atoms in total. The molecule has 0 aliphatic carbocycles. The van der Waals surface area contributed by atoms with Crippen molar-refractivity contribution in [1.29, 1.82) is 0 Å². The second-order valence-electron chi connectivity index (χ2n) is 9.61. The molecule has 2 rings (SSSR count). The van der Waals surface area contributed by atoms with Gasteiger partial charge in [0.25, 0.3) is 5.91 Å². The molecule has 0 aromatic carbocycles. The molecule has 184 valence electrons. The molecule has 33 heavy (non-hydrogen) atoms. The Bertz CT molecular complexity index is 765. The third-order valence-corrected chi connectivity index (χ3v) is 6.16. The van der Waals surface area contributed by atoms with Crippen LogP contribution >= 0.6 is 0 Å². The van der Waals surface area contributed by atoms with Gasteiger partial charge in [-0.05, 0) is 37.3 Å². The van der Waals surface area contributed by atoms with E-state index < -0.39 is 30.9 Å². The molecule has 2 heterocycles. The van der Waals surface area contributed by atoms with Gasteiger partial charge in [0, 0.05) is 6.42 Å². The van der Waals surface area contributed by atoms with Crippen LogP contribution in [0, 0.1) is 5.92 Å². The molecule has 5 N–H and O–H groups in total. The molecule has 2 bridgehead atoms. The number of amides is 2. The molecule has 1 aromatic heterocycles. The Morgan fingerprint density at radius 2 is 1.58 bits per heavy atom. The standard InChI is InChI=1S/C24H40BN3O5/c1-17(2)16-22(25(32)33)28-24(31)19-12-10-8-6-4-3-5-7-9-11-13-21(29)18-14-15-20(26-18)23(30)27-19/h14-15,17,19,22,26,32-33H,3-13,16H2,1-2H3,(H,27,30)(H,28,31). The smallest absolute Gasteiger partial charge is 0.426 e. The number of hydrogen-bond donors (Lipinski definition) is 5. The van der Waals surface area contributed by atoms with Crippen LogP contribution < -0.4 is 10.6 Å². The molecule has 1 aliphatic rings. The highest BCUT2D eigenvalue weighted by Crippen LogP contribution is 2.15. The van der Waals surface area contributed by atoms with Gasteiger partial charge in [0.05, 0.1) is 11.6 Å². The summed E-state index contributed by atoms with van der Waals surface area (Å²) >= 11 is 0. The van der Waals surface area contributed by atoms with Crippen LogP contribution in [0.25, 0.3) is 0 Å². The third kappa shape index (κ3) is 9.72. The molecule has 0 radical (unpaired) electrons. The number of H-pyrrole nitrogens is 1. The summed E-state index contributed by atoms with van der Waals surface area (Å²) in [7, 11) is -1.68. The summed E-state index contributed by atoms with van der Waals surface area (Å²) in [6, 6.07) is 2.37. The first-order chi connectivity index (χ1) is 15.8. The summed E-state index contributed by atoms with van der Waals surface area (Å²) in [6.07, 6.45) is 10.6. The van der Waals surface area contributed by atoms with Crippen LogP contribution in [0.1, 0.15) is 112 Å². The lowest BCUT2D eigenvalue weighted by Crippen LogP contribution is -2.54. The topological polar surface area (TPSA) is 132 Å². The number of carbonyl (C=O) groups is 3. The van der Waals surface area contributed by atoms with Gasteiger partial charge in [0.2, 0.25) is 5.91 Å². The summed E-state index contributed by atoms with van der Waals surface area (Å²) in [5.74, 6) is -1.55. The highest BCUT2D eigenvalue weighted by atomic mass is 16.4. The Morgan fingerprint density at radius 3 is 2.18 bits per heavy atom. The zero-order valence-corrected chi connectivity index (χ0v) is 20.1. The summed E-state index contributed by atoms with van der Waals surface area (Å²) < 4.78 is 0. The van der Waals surface area contributed by atoms with Crippen molar-refractivity contribution in [3.05, 3.63) is 23.5 Å². The molecular weight excluding hydrogens is 421 g/mol. The highest BCUT2D eigenvalue weighted by Gasteiger charge is 2.30. The maximum absolute atomic E-state index is 13.0. The average Bonchev–Trinajstić information content (AvgIpc) is 3.25. The Labute approximate surface area is 197 Å². The zero-order chi connectivity index (χ0) is 24.2. The van der Waals surface area contributed by atoms with Gasteiger partial charge < -0.3 is 25.7 Å². The first kappa shape index (κ1) is 27.1. The van der Waals surface area contributed by atoms with Gasteiger partial charge >= 0.3 is 7.12 Å². The van der Waals surface area contributed by atoms with Crippen molar-refractivity contribution in [3.8, 4) is 0 Å². The number of carbonyl (C=O) groups excluding carboxylic acids is 3. The minimum Gasteiger partial charge on any atom is -0.426 e. The number of rotatable bonds is 5. The third-order valence-electron chi connectivity index (χ3n) is 6.16. The van der Waals surface area contributed by atoms with Crippen molar-refractivity contribution in [3.63, 3.8) is 0 Å². The Morgan fingerprint density at radius 1 is 1.00 bits per heavy atom. The number of Topliss-reactive ketones (excluding diaryl/α,β-unsaturated/α-hetero) is 1. The molecule has 2 atom stereocenters. The predicted molar refractivity (Wildman–Crippen MR) is 129 cm³/mol. The average molecular weight is 461 g/mol. The lowest BCUT2D eigenvalue weighted by atomic mass is 9.75. The Hall–Kier alpha value is -2.13. The summed E-state index contributed by atoms with van der Waals surface area (Å²) in [4.78, 5) is 41.1. The number of aromatic amines is 1. The van der Waals surface area contributed by atoms with Gasteiger partial charge in [-0.1, -0.05) is 65.2 Å². The molecular formula is C24H40BN3O5. The number of ketones is 1. The van der Waals surface area contributed by atoms with Crippen molar-refractivity contribution in [2.24, 2.45) is 5.92 Å². The summed E-state index contributed by atoms with van der Waals surface area (Å²) in [5, 5.41) is 24.8. The number of fused-ring (bicyclic) bond motifs is 2. The fraction of sp³-hybridized carbons (Fsp3) is 0.708. The minimum absolute atomic E-state index is 0.0158. The molecule has 9 heteroatoms. The molecule has 1 aliphatic heterocycles. The molecule has 0 fully saturated rings. The molecule has 2 amide bonds. The Kier molecular flexibility index (Phi) is 11.7. The second kappa shape index (κ2) is 14.2. The van der Waals surface area contributed by atoms with Crippen LogP contribution in [0.4, 0.5) is 0 Å². The normalized spacial score (nSPS) is 20.5. The van der Waals surface area contributed by atoms with E-state index >= 15 is 0 Å². The van der Waals surface area contributed by atoms with E-state index in [1.165, 1.54) is 12.8 Å². The van der Waals surface area contributed by atoms with Crippen LogP contribution in [-0.2, 0) is 4.79 Å². The molecule has 0 spiro atoms. The van der Waals surface area contributed by atoms with Crippen molar-refractivity contribution in [2.45, 2.75) is 103 Å². The van der Waals surface area contributed by atoms with E-state index in [0.29, 0.717) is 25.0 Å². The lowest BCUT2D eigenvalue weighted by Gasteiger charge is -2.24. The van der Waals surface area contributed by atoms with Gasteiger partial charge in [0.15, 0.2) is 5.78 Å². The maximum Gasteiger partial charge on any atom is 0.475 e. The van der Waals surface area contributed by atoms with E-state index in [1.807, 2.05) is 13.8 Å². The van der Waals surface area contributed by atoms with E-state index in [2.05, 4.69) is 15.6 Å². The van der Waals surface area contributed by atoms with Crippen LogP contribution in [-0.4, -0.2) is 51.7 Å². The van der Waals surface area contributed by atoms with Gasteiger partial charge in [0.1, 0.15) is 11.7 Å². The van der Waals surface area contributed by atoms with Crippen LogP contribution in [0.15, 0.2) is 12.1 Å².